The number of ether oxygens (including phenoxy) is 3. The van der Waals surface area contributed by atoms with E-state index in [4.69, 9.17) is 14.2 Å². The molecule has 564 valence electrons. The van der Waals surface area contributed by atoms with Gasteiger partial charge in [0.15, 0.2) is 5.60 Å². The number of fused-ring (bicyclic) bond motifs is 6. The summed E-state index contributed by atoms with van der Waals surface area (Å²) < 4.78 is 17.7. The predicted octanol–water partition coefficient (Wildman–Crippen LogP) is -3.42. The number of para-hydroxylation sites is 1. The molecule has 1 unspecified atom stereocenters. The molecule has 35 heteroatoms. The molecule has 0 radical (unpaired) electrons. The van der Waals surface area contributed by atoms with Gasteiger partial charge in [0.25, 0.3) is 5.91 Å². The maximum atomic E-state index is 15.6. The van der Waals surface area contributed by atoms with Gasteiger partial charge in [0.2, 0.25) is 17.7 Å². The summed E-state index contributed by atoms with van der Waals surface area (Å²) in [6, 6.07) is 3.64. The third-order valence-electron chi connectivity index (χ3n) is 21.8. The Bertz CT molecular complexity index is 3630. The van der Waals surface area contributed by atoms with E-state index in [-0.39, 0.29) is 24.5 Å². The van der Waals surface area contributed by atoms with E-state index in [0.29, 0.717) is 86.7 Å². The lowest BCUT2D eigenvalue weighted by molar-refractivity contribution is -0.204. The molecule has 3 fully saturated rings. The molecule has 9 rings (SSSR count). The molecule has 20 atom stereocenters. The summed E-state index contributed by atoms with van der Waals surface area (Å²) in [5.41, 5.74) is 0.683. The van der Waals surface area contributed by atoms with Crippen molar-refractivity contribution in [2.45, 2.75) is 167 Å². The zero-order valence-corrected chi connectivity index (χ0v) is 59.0. The van der Waals surface area contributed by atoms with Crippen molar-refractivity contribution in [3.63, 3.8) is 0 Å². The molecule has 1 saturated carbocycles. The van der Waals surface area contributed by atoms with Crippen LogP contribution in [0.2, 0.25) is 0 Å². The molecular weight excluding hydrogens is 1380 g/mol. The smallest absolute Gasteiger partial charge is 0.426 e. The van der Waals surface area contributed by atoms with Crippen molar-refractivity contribution < 1.29 is 119 Å². The Morgan fingerprint density at radius 1 is 0.794 bits per heavy atom. The van der Waals surface area contributed by atoms with Gasteiger partial charge in [0.05, 0.1) is 51.1 Å². The number of nitrogens with zero attached hydrogens (tertiary/aromatic N) is 3. The highest BCUT2D eigenvalue weighted by atomic mass is 33.1. The van der Waals surface area contributed by atoms with Crippen molar-refractivity contribution >= 4 is 85.8 Å². The molecule has 33 nitrogen and oxygen atoms in total. The third-order valence-corrected chi connectivity index (χ3v) is 24.2. The van der Waals surface area contributed by atoms with Gasteiger partial charge >= 0.3 is 24.0 Å². The van der Waals surface area contributed by atoms with Crippen LogP contribution < -0.4 is 36.4 Å². The second kappa shape index (κ2) is 32.2. The summed E-state index contributed by atoms with van der Waals surface area (Å²) in [4.78, 5) is 119. The first-order valence-corrected chi connectivity index (χ1v) is 36.4. The summed E-state index contributed by atoms with van der Waals surface area (Å²) in [5, 5.41) is 146. The van der Waals surface area contributed by atoms with Crippen molar-refractivity contribution in [1.29, 1.82) is 0 Å². The van der Waals surface area contributed by atoms with Gasteiger partial charge in [-0.3, -0.25) is 44.0 Å². The van der Waals surface area contributed by atoms with E-state index >= 15 is 9.59 Å². The average Bonchev–Trinajstić information content (AvgIpc) is 1.46. The Balaban J connectivity index is 0.911. The predicted molar refractivity (Wildman–Crippen MR) is 366 cm³/mol. The van der Waals surface area contributed by atoms with E-state index in [1.807, 2.05) is 61.6 Å². The van der Waals surface area contributed by atoms with Crippen molar-refractivity contribution in [3.05, 3.63) is 70.9 Å². The Labute approximate surface area is 595 Å². The van der Waals surface area contributed by atoms with E-state index in [0.717, 1.165) is 45.0 Å². The Morgan fingerprint density at radius 3 is 2.13 bits per heavy atom. The number of carboxylic acid groups (broad SMARTS) is 2. The van der Waals surface area contributed by atoms with Crippen molar-refractivity contribution in [3.8, 4) is 5.75 Å². The number of likely N-dealkylation sites (N-methyl/N-ethyl adjacent to an activating group) is 1. The SMILES string of the molecule is CC[C@]1(O)C[C@H]2CN(CCc3c([nH]c4ccccc34)[C@@](C(=O)OC)(c3cc4c(cc3OC)N(C)[C@H]3[C@](O)(C(=O)NNC(=O)OCCSSC[C@H](NC(=O)[C@H](NC(=O)[C@H](CCC(=O)O)NC(=O)[C@H](C)[C@@H](O)[C@H](O)[C@H](O)CO)[C@@H](O)[C@H](O)[C@H](O)CO)C(=O)O)[C@H](O)[C@]5(CC)C=CCN6CC[C@]43[C@@H]65)C2)C1. The van der Waals surface area contributed by atoms with Gasteiger partial charge in [-0.2, -0.15) is 0 Å². The minimum atomic E-state index is -2.73. The standard InChI is InChI=1S/C67H95N9O24S2/c1-7-63(96)26-34-27-66(61(94)99-6,52-36(16-20-75(28-34)32-63)35-12-9-10-13-39(35)68-52)38-24-37-42(25-45(38)98-5)74(4)58-65(37)18-21-76-19-11-17-64(8-2,57(65)76)59(92)67(58,97)60(93)72-73-62(95)100-22-23-101-102-31-41(56(90)91)70-55(89)47(51(86)50(85)44(80)30-78)71-54(88)40(14-15-46(81)82)69-53(87)33(3)48(83)49(84)43(79)29-77/h9-13,17,24-25,33-34,40-41,43-44,47-51,57-59,68,77-80,83-86,92,96-97H,7-8,14-16,18-23,26-32H2,1-6H3,(H,69,87)(H,70,89)(H,71,88)(H,72,93)(H,73,95)(H,81,82)(H,90,91)/t33-,34-,40+,41+,43-,44-,47-,48-,49-,50-,51-,57+,58-,59-,63+,64-,65-,66+,67-/m1/s1. The van der Waals surface area contributed by atoms with Crippen LogP contribution in [0.5, 0.6) is 5.75 Å². The van der Waals surface area contributed by atoms with Crippen molar-refractivity contribution in [1.82, 2.24) is 41.6 Å². The number of amides is 5. The van der Waals surface area contributed by atoms with Crippen molar-refractivity contribution in [2.24, 2.45) is 17.3 Å². The Morgan fingerprint density at radius 2 is 1.48 bits per heavy atom. The van der Waals surface area contributed by atoms with Crippen LogP contribution in [0.4, 0.5) is 10.5 Å². The van der Waals surface area contributed by atoms with Gasteiger partial charge in [-0.05, 0) is 80.7 Å². The van der Waals surface area contributed by atoms with Gasteiger partial charge in [-0.25, -0.2) is 15.0 Å². The number of carbonyl (C=O) groups excluding carboxylic acids is 6. The molecule has 1 spiro atoms. The number of hydrogen-bond donors (Lipinski definition) is 19. The Kier molecular flexibility index (Phi) is 25.0. The highest BCUT2D eigenvalue weighted by molar-refractivity contribution is 8.76. The fourth-order valence-electron chi connectivity index (χ4n) is 16.8. The molecule has 6 heterocycles. The highest BCUT2D eigenvalue weighted by Crippen LogP contribution is 2.68. The minimum Gasteiger partial charge on any atom is -0.496 e. The molecule has 2 aromatic carbocycles. The number of aliphatic carboxylic acids is 2. The molecule has 1 aromatic heterocycles. The average molecular weight is 1470 g/mol. The van der Waals surface area contributed by atoms with Gasteiger partial charge < -0.3 is 106 Å². The highest BCUT2D eigenvalue weighted by Gasteiger charge is 2.79. The summed E-state index contributed by atoms with van der Waals surface area (Å²) in [7, 11) is 6.30. The number of piperidine rings is 1. The van der Waals surface area contributed by atoms with Gasteiger partial charge in [-0.1, -0.05) is 72.7 Å². The maximum absolute atomic E-state index is 15.6. The second-order valence-electron chi connectivity index (χ2n) is 27.6. The van der Waals surface area contributed by atoms with Crippen LogP contribution in [-0.4, -0.2) is 298 Å². The Hall–Kier alpha value is -6.94. The minimum absolute atomic E-state index is 0.0705. The molecule has 1 aliphatic carbocycles. The number of aromatic nitrogens is 1. The van der Waals surface area contributed by atoms with Crippen LogP contribution in [0, 0.1) is 17.3 Å². The molecule has 19 N–H and O–H groups in total. The van der Waals surface area contributed by atoms with E-state index in [1.54, 1.807) is 18.0 Å². The topological polar surface area (TPSA) is 513 Å². The lowest BCUT2D eigenvalue weighted by Gasteiger charge is -2.63. The molecule has 2 saturated heterocycles. The second-order valence-corrected chi connectivity index (χ2v) is 30.2. The van der Waals surface area contributed by atoms with E-state index in [1.165, 1.54) is 14.2 Å². The fourth-order valence-corrected chi connectivity index (χ4v) is 18.8. The summed E-state index contributed by atoms with van der Waals surface area (Å²) in [5.74, 6) is -11.2. The summed E-state index contributed by atoms with van der Waals surface area (Å²) in [6.07, 6.45) is -11.7. The van der Waals surface area contributed by atoms with Gasteiger partial charge in [0.1, 0.15) is 72.5 Å². The van der Waals surface area contributed by atoms with Crippen LogP contribution in [-0.2, 0) is 60.3 Å². The van der Waals surface area contributed by atoms with Crippen LogP contribution in [0.3, 0.4) is 0 Å². The van der Waals surface area contributed by atoms with Crippen LogP contribution in [0.25, 0.3) is 10.9 Å². The lowest BCUT2D eigenvalue weighted by atomic mass is 9.47. The monoisotopic (exact) mass is 1470 g/mol. The number of benzene rings is 2. The number of methoxy groups -OCH3 is 2. The van der Waals surface area contributed by atoms with E-state index < -0.39 is 192 Å². The number of carbonyl (C=O) groups is 8. The number of nitrogens with one attached hydrogen (secondary N) is 6. The summed E-state index contributed by atoms with van der Waals surface area (Å²) in [6.45, 7) is 4.86. The number of hydrazine groups is 1. The number of aromatic amines is 1. The van der Waals surface area contributed by atoms with Gasteiger partial charge in [-0.15, -0.1) is 0 Å². The number of H-pyrrole nitrogens is 1. The molecule has 5 aliphatic heterocycles. The molecule has 3 aromatic rings. The third kappa shape index (κ3) is 14.6. The normalized spacial score (nSPS) is 29.3. The summed E-state index contributed by atoms with van der Waals surface area (Å²) >= 11 is 0. The fraction of sp³-hybridized carbons (Fsp3) is 0.642. The van der Waals surface area contributed by atoms with Crippen LogP contribution in [0.15, 0.2) is 48.6 Å². The number of anilines is 1. The number of carboxylic acids is 2. The number of aliphatic hydroxyl groups is 11. The zero-order chi connectivity index (χ0) is 74.7. The van der Waals surface area contributed by atoms with E-state index in [2.05, 4.69) is 36.3 Å². The van der Waals surface area contributed by atoms with Crippen LogP contribution in [0.1, 0.15) is 88.1 Å². The number of aliphatic hydroxyl groups excluding tert-OH is 9. The first kappa shape index (κ1) is 79.2. The number of hydrogen-bond acceptors (Lipinski definition) is 27. The molecule has 2 bridgehead atoms. The molecule has 6 aliphatic rings. The molecular formula is C67H95N9O24S2. The maximum Gasteiger partial charge on any atom is 0.426 e. The van der Waals surface area contributed by atoms with E-state index in [9.17, 15) is 95.2 Å². The number of rotatable bonds is 30. The van der Waals surface area contributed by atoms with Crippen molar-refractivity contribution in [2.75, 3.05) is 90.2 Å². The lowest BCUT2D eigenvalue weighted by Crippen LogP contribution is -2.82. The quantitative estimate of drug-likeness (QED) is 0.0102. The largest absolute Gasteiger partial charge is 0.496 e. The molecule has 102 heavy (non-hydrogen) atoms. The molecule has 5 amide bonds. The zero-order valence-electron chi connectivity index (χ0n) is 57.4. The first-order valence-electron chi connectivity index (χ1n) is 33.9. The first-order chi connectivity index (χ1) is 48.3. The number of esters is 1. The van der Waals surface area contributed by atoms with Gasteiger partial charge in [0, 0.05) is 102 Å². The van der Waals surface area contributed by atoms with Crippen LogP contribution >= 0.6 is 21.6 Å².